The summed E-state index contributed by atoms with van der Waals surface area (Å²) in [6.45, 7) is 2.56. The molecule has 0 bridgehead atoms. The van der Waals surface area contributed by atoms with E-state index in [9.17, 15) is 14.4 Å². The van der Waals surface area contributed by atoms with Gasteiger partial charge >= 0.3 is 0 Å². The van der Waals surface area contributed by atoms with Crippen LogP contribution in [0.15, 0.2) is 0 Å². The van der Waals surface area contributed by atoms with Gasteiger partial charge < -0.3 is 4.90 Å². The third-order valence-corrected chi connectivity index (χ3v) is 2.05. The molecule has 6 heteroatoms. The maximum absolute atomic E-state index is 11.7. The summed E-state index contributed by atoms with van der Waals surface area (Å²) in [6.07, 6.45) is 0. The van der Waals surface area contributed by atoms with Crippen LogP contribution in [0.25, 0.3) is 0 Å². The molecule has 0 aliphatic carbocycles. The Bertz CT molecular complexity index is 351. The maximum Gasteiger partial charge on any atom is 0.246 e. The predicted octanol–water partition coefficient (Wildman–Crippen LogP) is -0.979. The van der Waals surface area contributed by atoms with Gasteiger partial charge in [0, 0.05) is 0 Å². The van der Waals surface area contributed by atoms with E-state index in [-0.39, 0.29) is 13.1 Å². The Kier molecular flexibility index (Phi) is 2.75. The van der Waals surface area contributed by atoms with Crippen LogP contribution in [0, 0.1) is 16.7 Å². The minimum atomic E-state index is -1.21. The average molecular weight is 209 g/mol. The third kappa shape index (κ3) is 2.31. The zero-order chi connectivity index (χ0) is 11.6. The maximum atomic E-state index is 11.7. The summed E-state index contributed by atoms with van der Waals surface area (Å²) in [6, 6.07) is 1.83. The smallest absolute Gasteiger partial charge is 0.246 e. The van der Waals surface area contributed by atoms with Gasteiger partial charge in [0.15, 0.2) is 0 Å². The lowest BCUT2D eigenvalue weighted by atomic mass is 9.93. The van der Waals surface area contributed by atoms with Crippen molar-refractivity contribution in [3.63, 3.8) is 0 Å². The molecule has 6 nitrogen and oxygen atoms in total. The molecular weight excluding hydrogens is 198 g/mol. The summed E-state index contributed by atoms with van der Waals surface area (Å²) in [7, 11) is 0. The first-order chi connectivity index (χ1) is 6.86. The number of nitrogens with zero attached hydrogens (tertiary/aromatic N) is 2. The van der Waals surface area contributed by atoms with Crippen LogP contribution in [0.3, 0.4) is 0 Å². The SMILES string of the molecule is CC(C)(C#N)C(=O)N1CC(=O)NC(=O)C1. The Balaban J connectivity index is 2.81. The lowest BCUT2D eigenvalue weighted by Gasteiger charge is -2.29. The molecule has 1 N–H and O–H groups in total. The van der Waals surface area contributed by atoms with Gasteiger partial charge in [0.05, 0.1) is 6.07 Å². The molecule has 0 aromatic carbocycles. The molecule has 1 aliphatic heterocycles. The van der Waals surface area contributed by atoms with E-state index in [0.717, 1.165) is 4.90 Å². The molecule has 1 heterocycles. The normalized spacial score (nSPS) is 17.0. The van der Waals surface area contributed by atoms with Crippen molar-refractivity contribution in [2.75, 3.05) is 13.1 Å². The number of carbonyl (C=O) groups excluding carboxylic acids is 3. The van der Waals surface area contributed by atoms with E-state index in [2.05, 4.69) is 5.32 Å². The third-order valence-electron chi connectivity index (χ3n) is 2.05. The summed E-state index contributed by atoms with van der Waals surface area (Å²) in [5.41, 5.74) is -1.21. The Morgan fingerprint density at radius 2 is 1.87 bits per heavy atom. The highest BCUT2D eigenvalue weighted by Gasteiger charge is 2.36. The van der Waals surface area contributed by atoms with Gasteiger partial charge in [-0.15, -0.1) is 0 Å². The van der Waals surface area contributed by atoms with Gasteiger partial charge in [-0.05, 0) is 13.8 Å². The Morgan fingerprint density at radius 1 is 1.40 bits per heavy atom. The van der Waals surface area contributed by atoms with Gasteiger partial charge in [-0.3, -0.25) is 19.7 Å². The molecule has 3 amide bonds. The Hall–Kier alpha value is -1.90. The standard InChI is InChI=1S/C9H11N3O3/c1-9(2,5-10)8(15)12-3-6(13)11-7(14)4-12/h3-4H2,1-2H3,(H,11,13,14). The minimum absolute atomic E-state index is 0.171. The largest absolute Gasteiger partial charge is 0.323 e. The van der Waals surface area contributed by atoms with Gasteiger partial charge in [-0.25, -0.2) is 0 Å². The molecule has 1 saturated heterocycles. The molecule has 0 saturated carbocycles. The Morgan fingerprint density at radius 3 is 2.27 bits per heavy atom. The monoisotopic (exact) mass is 209 g/mol. The van der Waals surface area contributed by atoms with Gasteiger partial charge in [0.25, 0.3) is 0 Å². The summed E-state index contributed by atoms with van der Waals surface area (Å²) >= 11 is 0. The molecule has 1 aliphatic rings. The number of nitrogens with one attached hydrogen (secondary N) is 1. The van der Waals surface area contributed by atoms with Crippen LogP contribution < -0.4 is 5.32 Å². The number of rotatable bonds is 1. The summed E-state index contributed by atoms with van der Waals surface area (Å²) in [4.78, 5) is 34.8. The topological polar surface area (TPSA) is 90.3 Å². The number of amides is 3. The van der Waals surface area contributed by atoms with Gasteiger partial charge in [-0.2, -0.15) is 5.26 Å². The second-order valence-corrected chi connectivity index (χ2v) is 3.87. The fourth-order valence-corrected chi connectivity index (χ4v) is 1.22. The number of imide groups is 1. The highest BCUT2D eigenvalue weighted by Crippen LogP contribution is 2.17. The van der Waals surface area contributed by atoms with E-state index < -0.39 is 23.1 Å². The van der Waals surface area contributed by atoms with E-state index in [0.29, 0.717) is 0 Å². The number of hydrogen-bond acceptors (Lipinski definition) is 4. The van der Waals surface area contributed by atoms with E-state index in [1.54, 1.807) is 0 Å². The molecule has 0 aromatic rings. The van der Waals surface area contributed by atoms with E-state index in [4.69, 9.17) is 5.26 Å². The van der Waals surface area contributed by atoms with E-state index >= 15 is 0 Å². The summed E-state index contributed by atoms with van der Waals surface area (Å²) < 4.78 is 0. The zero-order valence-electron chi connectivity index (χ0n) is 8.53. The predicted molar refractivity (Wildman–Crippen MR) is 49.1 cm³/mol. The Labute approximate surface area is 86.8 Å². The van der Waals surface area contributed by atoms with Crippen molar-refractivity contribution >= 4 is 17.7 Å². The molecule has 0 atom stereocenters. The van der Waals surface area contributed by atoms with Crippen LogP contribution in [-0.2, 0) is 14.4 Å². The van der Waals surface area contributed by atoms with Gasteiger partial charge in [0.1, 0.15) is 18.5 Å². The molecule has 0 spiro atoms. The second kappa shape index (κ2) is 3.69. The molecule has 80 valence electrons. The van der Waals surface area contributed by atoms with Crippen LogP contribution in [0.1, 0.15) is 13.8 Å². The van der Waals surface area contributed by atoms with Crippen molar-refractivity contribution in [2.24, 2.45) is 5.41 Å². The summed E-state index contributed by atoms with van der Waals surface area (Å²) in [5, 5.41) is 10.8. The second-order valence-electron chi connectivity index (χ2n) is 3.87. The minimum Gasteiger partial charge on any atom is -0.323 e. The van der Waals surface area contributed by atoms with E-state index in [1.165, 1.54) is 13.8 Å². The van der Waals surface area contributed by atoms with Gasteiger partial charge in [0.2, 0.25) is 17.7 Å². The first-order valence-corrected chi connectivity index (χ1v) is 4.40. The van der Waals surface area contributed by atoms with Crippen LogP contribution >= 0.6 is 0 Å². The molecule has 15 heavy (non-hydrogen) atoms. The highest BCUT2D eigenvalue weighted by atomic mass is 16.2. The van der Waals surface area contributed by atoms with Crippen LogP contribution in [-0.4, -0.2) is 35.7 Å². The number of carbonyl (C=O) groups is 3. The molecule has 1 rings (SSSR count). The lowest BCUT2D eigenvalue weighted by Crippen LogP contribution is -2.55. The van der Waals surface area contributed by atoms with Crippen LogP contribution in [0.4, 0.5) is 0 Å². The first-order valence-electron chi connectivity index (χ1n) is 4.40. The van der Waals surface area contributed by atoms with Crippen molar-refractivity contribution in [1.82, 2.24) is 10.2 Å². The van der Waals surface area contributed by atoms with Crippen LogP contribution in [0.2, 0.25) is 0 Å². The number of hydrogen-bond donors (Lipinski definition) is 1. The average Bonchev–Trinajstić information content (AvgIpc) is 2.15. The summed E-state index contributed by atoms with van der Waals surface area (Å²) in [5.74, 6) is -1.55. The number of piperazine rings is 1. The van der Waals surface area contributed by atoms with Gasteiger partial charge in [-0.1, -0.05) is 0 Å². The van der Waals surface area contributed by atoms with Crippen molar-refractivity contribution in [1.29, 1.82) is 5.26 Å². The fourth-order valence-electron chi connectivity index (χ4n) is 1.22. The molecule has 0 unspecified atom stereocenters. The van der Waals surface area contributed by atoms with E-state index in [1.807, 2.05) is 6.07 Å². The van der Waals surface area contributed by atoms with Crippen molar-refractivity contribution < 1.29 is 14.4 Å². The van der Waals surface area contributed by atoms with Crippen molar-refractivity contribution in [3.05, 3.63) is 0 Å². The molecule has 1 fully saturated rings. The highest BCUT2D eigenvalue weighted by molar-refractivity contribution is 6.03. The fraction of sp³-hybridized carbons (Fsp3) is 0.556. The quantitative estimate of drug-likeness (QED) is 0.562. The first kappa shape index (κ1) is 11.2. The van der Waals surface area contributed by atoms with Crippen molar-refractivity contribution in [2.45, 2.75) is 13.8 Å². The zero-order valence-corrected chi connectivity index (χ0v) is 8.53. The molecular formula is C9H11N3O3. The lowest BCUT2D eigenvalue weighted by molar-refractivity contribution is -0.148. The number of nitriles is 1. The molecule has 0 aromatic heterocycles. The van der Waals surface area contributed by atoms with Crippen LogP contribution in [0.5, 0.6) is 0 Å². The van der Waals surface area contributed by atoms with Crippen molar-refractivity contribution in [3.8, 4) is 6.07 Å². The molecule has 0 radical (unpaired) electrons.